The first-order chi connectivity index (χ1) is 7.61. The van der Waals surface area contributed by atoms with Crippen LogP contribution in [0.3, 0.4) is 0 Å². The van der Waals surface area contributed by atoms with Gasteiger partial charge < -0.3 is 14.2 Å². The molecule has 0 aromatic heterocycles. The molecule has 0 amide bonds. The fourth-order valence-electron chi connectivity index (χ4n) is 4.18. The monoisotopic (exact) mass is 222 g/mol. The predicted molar refractivity (Wildman–Crippen MR) is 57.8 cm³/mol. The van der Waals surface area contributed by atoms with Crippen molar-refractivity contribution in [3.63, 3.8) is 0 Å². The zero-order chi connectivity index (χ0) is 11.0. The molecule has 0 aromatic rings. The van der Waals surface area contributed by atoms with E-state index in [4.69, 9.17) is 14.2 Å². The maximum Gasteiger partial charge on any atom is 0.164 e. The van der Waals surface area contributed by atoms with Gasteiger partial charge in [0.25, 0.3) is 0 Å². The Bertz CT molecular complexity index is 362. The minimum atomic E-state index is -0.456. The molecule has 2 saturated heterocycles. The SMILES string of the molecule is CC1(C)O[C@@H]2[C@H]3C=C[C@H]4C(COC[C@@]24O1)C3. The van der Waals surface area contributed by atoms with Crippen molar-refractivity contribution in [3.8, 4) is 0 Å². The van der Waals surface area contributed by atoms with Crippen molar-refractivity contribution in [1.29, 1.82) is 0 Å². The maximum atomic E-state index is 6.25. The molecular weight excluding hydrogens is 204 g/mol. The molecule has 0 N–H and O–H groups in total. The van der Waals surface area contributed by atoms with E-state index in [1.807, 2.05) is 13.8 Å². The van der Waals surface area contributed by atoms with Crippen molar-refractivity contribution in [2.24, 2.45) is 17.8 Å². The summed E-state index contributed by atoms with van der Waals surface area (Å²) in [5.74, 6) is 1.21. The molecule has 2 aliphatic heterocycles. The highest BCUT2D eigenvalue weighted by Crippen LogP contribution is 2.57. The van der Waals surface area contributed by atoms with E-state index in [0.717, 1.165) is 6.61 Å². The van der Waals surface area contributed by atoms with Gasteiger partial charge in [-0.3, -0.25) is 0 Å². The van der Waals surface area contributed by atoms with Gasteiger partial charge in [-0.25, -0.2) is 0 Å². The summed E-state index contributed by atoms with van der Waals surface area (Å²) in [7, 11) is 0. The summed E-state index contributed by atoms with van der Waals surface area (Å²) >= 11 is 0. The van der Waals surface area contributed by atoms with Crippen molar-refractivity contribution in [1.82, 2.24) is 0 Å². The number of hydrogen-bond donors (Lipinski definition) is 0. The lowest BCUT2D eigenvalue weighted by Crippen LogP contribution is -2.64. The van der Waals surface area contributed by atoms with E-state index in [2.05, 4.69) is 12.2 Å². The Hall–Kier alpha value is -0.380. The lowest BCUT2D eigenvalue weighted by molar-refractivity contribution is -0.214. The average molecular weight is 222 g/mol. The fourth-order valence-corrected chi connectivity index (χ4v) is 4.18. The van der Waals surface area contributed by atoms with Gasteiger partial charge in [-0.15, -0.1) is 0 Å². The summed E-state index contributed by atoms with van der Waals surface area (Å²) in [6.45, 7) is 5.62. The summed E-state index contributed by atoms with van der Waals surface area (Å²) in [6.07, 6.45) is 6.09. The van der Waals surface area contributed by atoms with Gasteiger partial charge in [0, 0.05) is 11.8 Å². The molecule has 3 aliphatic carbocycles. The normalized spacial score (nSPS) is 56.4. The number of hydrogen-bond acceptors (Lipinski definition) is 3. The second-order valence-corrected chi connectivity index (χ2v) is 6.08. The van der Waals surface area contributed by atoms with Crippen LogP contribution in [-0.2, 0) is 14.2 Å². The zero-order valence-corrected chi connectivity index (χ0v) is 9.81. The van der Waals surface area contributed by atoms with Gasteiger partial charge in [0.2, 0.25) is 0 Å². The van der Waals surface area contributed by atoms with Crippen molar-refractivity contribution in [2.75, 3.05) is 13.2 Å². The van der Waals surface area contributed by atoms with Crippen molar-refractivity contribution >= 4 is 0 Å². The Kier molecular flexibility index (Phi) is 1.63. The number of rotatable bonds is 0. The molecule has 0 radical (unpaired) electrons. The Morgan fingerprint density at radius 3 is 3.00 bits per heavy atom. The van der Waals surface area contributed by atoms with Crippen molar-refractivity contribution in [2.45, 2.75) is 37.8 Å². The lowest BCUT2D eigenvalue weighted by Gasteiger charge is -2.54. The van der Waals surface area contributed by atoms with E-state index in [1.54, 1.807) is 0 Å². The highest BCUT2D eigenvalue weighted by Gasteiger charge is 2.66. The Morgan fingerprint density at radius 2 is 2.12 bits per heavy atom. The van der Waals surface area contributed by atoms with Gasteiger partial charge in [0.05, 0.1) is 19.3 Å². The van der Waals surface area contributed by atoms with E-state index >= 15 is 0 Å². The molecule has 3 nitrogen and oxygen atoms in total. The molecule has 0 aromatic carbocycles. The molecule has 5 rings (SSSR count). The zero-order valence-electron chi connectivity index (χ0n) is 9.81. The van der Waals surface area contributed by atoms with Crippen LogP contribution in [0.2, 0.25) is 0 Å². The van der Waals surface area contributed by atoms with E-state index in [-0.39, 0.29) is 11.7 Å². The van der Waals surface area contributed by atoms with E-state index in [1.165, 1.54) is 6.42 Å². The van der Waals surface area contributed by atoms with Crippen molar-refractivity contribution < 1.29 is 14.2 Å². The molecule has 3 fully saturated rings. The molecular formula is C13H18O3. The largest absolute Gasteiger partial charge is 0.378 e. The first-order valence-corrected chi connectivity index (χ1v) is 6.25. The van der Waals surface area contributed by atoms with Gasteiger partial charge in [-0.05, 0) is 26.2 Å². The summed E-state index contributed by atoms with van der Waals surface area (Å²) in [5, 5.41) is 0. The predicted octanol–water partition coefficient (Wildman–Crippen LogP) is 1.73. The summed E-state index contributed by atoms with van der Waals surface area (Å²) < 4.78 is 18.1. The highest BCUT2D eigenvalue weighted by molar-refractivity contribution is 5.23. The topological polar surface area (TPSA) is 27.7 Å². The highest BCUT2D eigenvalue weighted by atomic mass is 16.8. The van der Waals surface area contributed by atoms with Crippen LogP contribution in [0.1, 0.15) is 20.3 Å². The third-order valence-electron chi connectivity index (χ3n) is 4.59. The van der Waals surface area contributed by atoms with E-state index in [9.17, 15) is 0 Å². The average Bonchev–Trinajstić information content (AvgIpc) is 2.51. The molecule has 1 saturated carbocycles. The molecule has 1 unspecified atom stereocenters. The first-order valence-electron chi connectivity index (χ1n) is 6.25. The van der Waals surface area contributed by atoms with Crippen LogP contribution in [0.5, 0.6) is 0 Å². The minimum Gasteiger partial charge on any atom is -0.378 e. The number of ether oxygens (including phenoxy) is 3. The Morgan fingerprint density at radius 1 is 1.25 bits per heavy atom. The van der Waals surface area contributed by atoms with Crippen LogP contribution in [0.25, 0.3) is 0 Å². The standard InChI is InChI=1S/C13H18O3/c1-12(2)15-11-8-3-4-10-9(5-8)6-14-7-13(10,11)16-12/h3-4,8-11H,5-7H2,1-2H3/t8-,9?,10-,11+,13-/m0/s1. The molecule has 2 heterocycles. The molecule has 5 atom stereocenters. The van der Waals surface area contributed by atoms with Gasteiger partial charge in [0.15, 0.2) is 5.79 Å². The van der Waals surface area contributed by atoms with Crippen LogP contribution in [0, 0.1) is 17.8 Å². The lowest BCUT2D eigenvalue weighted by atomic mass is 9.58. The fraction of sp³-hybridized carbons (Fsp3) is 0.846. The molecule has 3 heteroatoms. The summed E-state index contributed by atoms with van der Waals surface area (Å²) in [4.78, 5) is 0. The molecule has 16 heavy (non-hydrogen) atoms. The summed E-state index contributed by atoms with van der Waals surface area (Å²) in [6, 6.07) is 0. The Balaban J connectivity index is 1.83. The van der Waals surface area contributed by atoms with Crippen LogP contribution in [0.4, 0.5) is 0 Å². The van der Waals surface area contributed by atoms with Crippen LogP contribution < -0.4 is 0 Å². The van der Waals surface area contributed by atoms with Gasteiger partial charge in [-0.2, -0.15) is 0 Å². The second-order valence-electron chi connectivity index (χ2n) is 6.08. The second kappa shape index (κ2) is 2.71. The Labute approximate surface area is 95.7 Å². The van der Waals surface area contributed by atoms with Crippen LogP contribution in [0.15, 0.2) is 12.2 Å². The maximum absolute atomic E-state index is 6.25. The molecule has 5 aliphatic rings. The molecule has 88 valence electrons. The van der Waals surface area contributed by atoms with E-state index < -0.39 is 5.79 Å². The van der Waals surface area contributed by atoms with E-state index in [0.29, 0.717) is 24.4 Å². The van der Waals surface area contributed by atoms with Crippen molar-refractivity contribution in [3.05, 3.63) is 12.2 Å². The minimum absolute atomic E-state index is 0.190. The quantitative estimate of drug-likeness (QED) is 0.584. The first kappa shape index (κ1) is 9.63. The molecule has 1 spiro atoms. The van der Waals surface area contributed by atoms with Crippen LogP contribution in [-0.4, -0.2) is 30.7 Å². The third-order valence-corrected chi connectivity index (χ3v) is 4.59. The van der Waals surface area contributed by atoms with Gasteiger partial charge in [0.1, 0.15) is 5.60 Å². The summed E-state index contributed by atoms with van der Waals surface area (Å²) in [5.41, 5.74) is -0.190. The third kappa shape index (κ3) is 0.998. The smallest absolute Gasteiger partial charge is 0.164 e. The van der Waals surface area contributed by atoms with Gasteiger partial charge >= 0.3 is 0 Å². The molecule has 4 bridgehead atoms. The van der Waals surface area contributed by atoms with Crippen LogP contribution >= 0.6 is 0 Å². The van der Waals surface area contributed by atoms with Gasteiger partial charge in [-0.1, -0.05) is 12.2 Å².